The van der Waals surface area contributed by atoms with E-state index < -0.39 is 0 Å². The Morgan fingerprint density at radius 3 is 2.19 bits per heavy atom. The molecule has 3 heteroatoms. The van der Waals surface area contributed by atoms with Gasteiger partial charge in [0, 0.05) is 6.54 Å². The number of rotatable bonds is 5. The highest BCUT2D eigenvalue weighted by atomic mass is 16.5. The van der Waals surface area contributed by atoms with E-state index in [1.54, 1.807) is 0 Å². The van der Waals surface area contributed by atoms with E-state index in [4.69, 9.17) is 4.74 Å². The van der Waals surface area contributed by atoms with E-state index in [0.717, 1.165) is 25.2 Å². The molecule has 0 saturated carbocycles. The third-order valence-electron chi connectivity index (χ3n) is 5.03. The smallest absolute Gasteiger partial charge is 0.338 e. The molecule has 1 atom stereocenters. The van der Waals surface area contributed by atoms with Crippen molar-refractivity contribution in [2.24, 2.45) is 0 Å². The van der Waals surface area contributed by atoms with E-state index >= 15 is 0 Å². The molecule has 3 rings (SSSR count). The fraction of sp³-hybridized carbons (Fsp3) is 0.435. The lowest BCUT2D eigenvalue weighted by molar-refractivity contribution is 0.0216. The summed E-state index contributed by atoms with van der Waals surface area (Å²) in [5, 5.41) is 0. The van der Waals surface area contributed by atoms with Gasteiger partial charge in [-0.05, 0) is 54.6 Å². The highest BCUT2D eigenvalue weighted by molar-refractivity contribution is 5.89. The number of carbonyl (C=O) groups is 1. The van der Waals surface area contributed by atoms with Gasteiger partial charge in [0.1, 0.15) is 6.10 Å². The van der Waals surface area contributed by atoms with Gasteiger partial charge in [-0.2, -0.15) is 0 Å². The molecule has 138 valence electrons. The van der Waals surface area contributed by atoms with Crippen LogP contribution in [0.4, 0.5) is 0 Å². The van der Waals surface area contributed by atoms with Crippen LogP contribution in [0.2, 0.25) is 0 Å². The fourth-order valence-corrected chi connectivity index (χ4v) is 3.38. The Labute approximate surface area is 157 Å². The van der Waals surface area contributed by atoms with Crippen molar-refractivity contribution in [1.29, 1.82) is 0 Å². The summed E-state index contributed by atoms with van der Waals surface area (Å²) in [5.41, 5.74) is 2.95. The van der Waals surface area contributed by atoms with Crippen LogP contribution in [-0.4, -0.2) is 30.5 Å². The lowest BCUT2D eigenvalue weighted by Gasteiger charge is -2.24. The van der Waals surface area contributed by atoms with Crippen LogP contribution in [0.5, 0.6) is 0 Å². The Morgan fingerprint density at radius 1 is 1.00 bits per heavy atom. The molecule has 0 spiro atoms. The molecule has 2 aromatic carbocycles. The van der Waals surface area contributed by atoms with Crippen molar-refractivity contribution in [1.82, 2.24) is 4.90 Å². The van der Waals surface area contributed by atoms with Gasteiger partial charge in [-0.25, -0.2) is 4.79 Å². The molecule has 0 aromatic heterocycles. The van der Waals surface area contributed by atoms with Crippen LogP contribution in [0.3, 0.4) is 0 Å². The fourth-order valence-electron chi connectivity index (χ4n) is 3.38. The standard InChI is InChI=1S/C23H29NO2/c1-23(2,3)20-13-11-19(12-14-20)22(25)26-21(17-24-15-7-8-16-24)18-9-5-4-6-10-18/h4-6,9-14,21H,7-8,15-17H2,1-3H3. The minimum absolute atomic E-state index is 0.0742. The minimum atomic E-state index is -0.251. The van der Waals surface area contributed by atoms with E-state index in [9.17, 15) is 4.79 Å². The average Bonchev–Trinajstić information content (AvgIpc) is 3.14. The topological polar surface area (TPSA) is 29.5 Å². The molecule has 1 unspecified atom stereocenters. The summed E-state index contributed by atoms with van der Waals surface area (Å²) in [4.78, 5) is 15.1. The van der Waals surface area contributed by atoms with E-state index in [1.807, 2.05) is 54.6 Å². The third-order valence-corrected chi connectivity index (χ3v) is 5.03. The second kappa shape index (κ2) is 8.05. The molecular weight excluding hydrogens is 322 g/mol. The quantitative estimate of drug-likeness (QED) is 0.712. The van der Waals surface area contributed by atoms with Crippen LogP contribution in [0, 0.1) is 0 Å². The van der Waals surface area contributed by atoms with Crippen molar-refractivity contribution >= 4 is 5.97 Å². The normalized spacial score (nSPS) is 16.4. The Morgan fingerprint density at radius 2 is 1.62 bits per heavy atom. The number of benzene rings is 2. The number of hydrogen-bond acceptors (Lipinski definition) is 3. The van der Waals surface area contributed by atoms with Crippen molar-refractivity contribution in [3.05, 3.63) is 71.3 Å². The summed E-state index contributed by atoms with van der Waals surface area (Å²) in [6.45, 7) is 9.43. The molecule has 1 aliphatic heterocycles. The van der Waals surface area contributed by atoms with Gasteiger partial charge < -0.3 is 4.74 Å². The Kier molecular flexibility index (Phi) is 5.77. The first-order chi connectivity index (χ1) is 12.4. The highest BCUT2D eigenvalue weighted by Gasteiger charge is 2.23. The predicted octanol–water partition coefficient (Wildman–Crippen LogP) is 4.98. The highest BCUT2D eigenvalue weighted by Crippen LogP contribution is 2.25. The van der Waals surface area contributed by atoms with Gasteiger partial charge in [-0.3, -0.25) is 4.90 Å². The van der Waals surface area contributed by atoms with Gasteiger partial charge >= 0.3 is 5.97 Å². The maximum absolute atomic E-state index is 12.7. The molecule has 3 nitrogen and oxygen atoms in total. The van der Waals surface area contributed by atoms with Gasteiger partial charge in [0.2, 0.25) is 0 Å². The van der Waals surface area contributed by atoms with Crippen molar-refractivity contribution in [3.8, 4) is 0 Å². The van der Waals surface area contributed by atoms with Gasteiger partial charge in [0.15, 0.2) is 0 Å². The first-order valence-corrected chi connectivity index (χ1v) is 9.52. The molecule has 1 aliphatic rings. The number of nitrogens with zero attached hydrogens (tertiary/aromatic N) is 1. The van der Waals surface area contributed by atoms with Crippen LogP contribution in [0.1, 0.15) is 61.2 Å². The zero-order chi connectivity index (χ0) is 18.6. The molecule has 2 aromatic rings. The summed E-state index contributed by atoms with van der Waals surface area (Å²) in [6.07, 6.45) is 2.22. The van der Waals surface area contributed by atoms with Crippen LogP contribution in [0.25, 0.3) is 0 Å². The number of ether oxygens (including phenoxy) is 1. The Hall–Kier alpha value is -2.13. The molecule has 1 saturated heterocycles. The maximum Gasteiger partial charge on any atom is 0.338 e. The zero-order valence-electron chi connectivity index (χ0n) is 16.1. The molecule has 1 heterocycles. The SMILES string of the molecule is CC(C)(C)c1ccc(C(=O)OC(CN2CCCC2)c2ccccc2)cc1. The largest absolute Gasteiger partial charge is 0.453 e. The lowest BCUT2D eigenvalue weighted by atomic mass is 9.87. The first-order valence-electron chi connectivity index (χ1n) is 9.52. The molecular formula is C23H29NO2. The van der Waals surface area contributed by atoms with Crippen molar-refractivity contribution in [2.45, 2.75) is 45.1 Å². The van der Waals surface area contributed by atoms with Crippen LogP contribution < -0.4 is 0 Å². The van der Waals surface area contributed by atoms with E-state index in [-0.39, 0.29) is 17.5 Å². The van der Waals surface area contributed by atoms with Gasteiger partial charge in [0.05, 0.1) is 5.56 Å². The minimum Gasteiger partial charge on any atom is -0.453 e. The lowest BCUT2D eigenvalue weighted by Crippen LogP contribution is -2.28. The van der Waals surface area contributed by atoms with E-state index in [1.165, 1.54) is 18.4 Å². The van der Waals surface area contributed by atoms with E-state index in [0.29, 0.717) is 5.56 Å². The summed E-state index contributed by atoms with van der Waals surface area (Å²) in [7, 11) is 0. The van der Waals surface area contributed by atoms with E-state index in [2.05, 4.69) is 25.7 Å². The molecule has 0 N–H and O–H groups in total. The molecule has 0 bridgehead atoms. The summed E-state index contributed by atoms with van der Waals surface area (Å²) in [5.74, 6) is -0.251. The predicted molar refractivity (Wildman–Crippen MR) is 105 cm³/mol. The Bertz CT molecular complexity index is 710. The third kappa shape index (κ3) is 4.73. The van der Waals surface area contributed by atoms with Gasteiger partial charge in [-0.15, -0.1) is 0 Å². The molecule has 1 fully saturated rings. The second-order valence-electron chi connectivity index (χ2n) is 8.14. The average molecular weight is 351 g/mol. The summed E-state index contributed by atoms with van der Waals surface area (Å²) >= 11 is 0. The summed E-state index contributed by atoms with van der Waals surface area (Å²) < 4.78 is 5.93. The van der Waals surface area contributed by atoms with Gasteiger partial charge in [-0.1, -0.05) is 63.2 Å². The monoisotopic (exact) mass is 351 g/mol. The number of hydrogen-bond donors (Lipinski definition) is 0. The molecule has 0 radical (unpaired) electrons. The molecule has 26 heavy (non-hydrogen) atoms. The second-order valence-corrected chi connectivity index (χ2v) is 8.14. The van der Waals surface area contributed by atoms with Gasteiger partial charge in [0.25, 0.3) is 0 Å². The number of carbonyl (C=O) groups excluding carboxylic acids is 1. The number of esters is 1. The van der Waals surface area contributed by atoms with Crippen molar-refractivity contribution in [3.63, 3.8) is 0 Å². The van der Waals surface area contributed by atoms with Crippen LogP contribution >= 0.6 is 0 Å². The van der Waals surface area contributed by atoms with Crippen molar-refractivity contribution in [2.75, 3.05) is 19.6 Å². The molecule has 0 aliphatic carbocycles. The Balaban J connectivity index is 1.74. The van der Waals surface area contributed by atoms with Crippen LogP contribution in [0.15, 0.2) is 54.6 Å². The number of likely N-dealkylation sites (tertiary alicyclic amines) is 1. The maximum atomic E-state index is 12.7. The van der Waals surface area contributed by atoms with Crippen LogP contribution in [-0.2, 0) is 10.2 Å². The first kappa shape index (κ1) is 18.7. The van der Waals surface area contributed by atoms with Crippen molar-refractivity contribution < 1.29 is 9.53 Å². The summed E-state index contributed by atoms with van der Waals surface area (Å²) in [6, 6.07) is 17.9. The molecule has 0 amide bonds. The zero-order valence-corrected chi connectivity index (χ0v) is 16.1.